The molecule has 2 aromatic heterocycles. The van der Waals surface area contributed by atoms with Crippen LogP contribution in [-0.4, -0.2) is 24.6 Å². The highest BCUT2D eigenvalue weighted by Gasteiger charge is 2.07. The van der Waals surface area contributed by atoms with E-state index in [0.717, 1.165) is 10.4 Å². The molecule has 0 unspecified atom stereocenters. The molecular weight excluding hydrogens is 294 g/mol. The van der Waals surface area contributed by atoms with E-state index in [1.54, 1.807) is 29.7 Å². The van der Waals surface area contributed by atoms with Crippen molar-refractivity contribution in [1.29, 1.82) is 0 Å². The number of nitrogens with zero attached hydrogens (tertiary/aromatic N) is 1. The fraction of sp³-hybridized carbons (Fsp3) is 0.154. The minimum atomic E-state index is -0.361. The van der Waals surface area contributed by atoms with Gasteiger partial charge in [0.15, 0.2) is 0 Å². The maximum Gasteiger partial charge on any atom is 0.261 e. The summed E-state index contributed by atoms with van der Waals surface area (Å²) in [5.74, 6) is -0.617. The van der Waals surface area contributed by atoms with Crippen LogP contribution in [0.15, 0.2) is 34.1 Å². The minimum Gasteiger partial charge on any atom is -0.342 e. The van der Waals surface area contributed by atoms with Crippen LogP contribution in [0.3, 0.4) is 0 Å². The van der Waals surface area contributed by atoms with Crippen LogP contribution in [0.25, 0.3) is 0 Å². The quantitative estimate of drug-likeness (QED) is 0.655. The van der Waals surface area contributed by atoms with Gasteiger partial charge in [0.1, 0.15) is 0 Å². The number of carbonyl (C=O) groups is 2. The van der Waals surface area contributed by atoms with Crippen LogP contribution in [0.2, 0.25) is 0 Å². The highest BCUT2D eigenvalue weighted by molar-refractivity contribution is 7.12. The lowest BCUT2D eigenvalue weighted by atomic mass is 10.3. The Morgan fingerprint density at radius 3 is 2.80 bits per heavy atom. The average molecular weight is 307 g/mol. The summed E-state index contributed by atoms with van der Waals surface area (Å²) in [5.41, 5.74) is 3.48. The second-order valence-corrected chi connectivity index (χ2v) is 5.82. The van der Waals surface area contributed by atoms with E-state index in [4.69, 9.17) is 0 Å². The van der Waals surface area contributed by atoms with Crippen LogP contribution in [0.5, 0.6) is 0 Å². The van der Waals surface area contributed by atoms with Gasteiger partial charge in [0, 0.05) is 4.88 Å². The maximum atomic E-state index is 11.6. The van der Waals surface area contributed by atoms with Crippen molar-refractivity contribution in [2.75, 3.05) is 6.54 Å². The zero-order chi connectivity index (χ0) is 14.4. The molecule has 0 aromatic carbocycles. The summed E-state index contributed by atoms with van der Waals surface area (Å²) in [6, 6.07) is 5.47. The average Bonchev–Trinajstić information content (AvgIpc) is 3.08. The van der Waals surface area contributed by atoms with Crippen LogP contribution in [0.1, 0.15) is 20.1 Å². The Kier molecular flexibility index (Phi) is 5.03. The lowest BCUT2D eigenvalue weighted by molar-refractivity contribution is -0.120. The summed E-state index contributed by atoms with van der Waals surface area (Å²) in [4.78, 5) is 24.7. The molecule has 0 bridgehead atoms. The van der Waals surface area contributed by atoms with Gasteiger partial charge in [-0.2, -0.15) is 5.10 Å². The Labute approximate surface area is 124 Å². The van der Waals surface area contributed by atoms with Crippen molar-refractivity contribution in [2.45, 2.75) is 6.92 Å². The number of nitrogens with one attached hydrogen (secondary N) is 2. The highest BCUT2D eigenvalue weighted by Crippen LogP contribution is 2.12. The highest BCUT2D eigenvalue weighted by atomic mass is 32.1. The first kappa shape index (κ1) is 14.4. The third kappa shape index (κ3) is 4.01. The van der Waals surface area contributed by atoms with Gasteiger partial charge in [-0.25, -0.2) is 5.43 Å². The normalized spacial score (nSPS) is 10.7. The Bertz CT molecular complexity index is 617. The first-order valence-electron chi connectivity index (χ1n) is 5.84. The summed E-state index contributed by atoms with van der Waals surface area (Å²) in [6.07, 6.45) is 1.60. The third-order valence-corrected chi connectivity index (χ3v) is 4.25. The largest absolute Gasteiger partial charge is 0.342 e. The zero-order valence-corrected chi connectivity index (χ0v) is 12.4. The molecule has 0 saturated heterocycles. The summed E-state index contributed by atoms with van der Waals surface area (Å²) >= 11 is 2.88. The number of hydrazone groups is 1. The molecule has 0 fully saturated rings. The number of amides is 2. The fourth-order valence-electron chi connectivity index (χ4n) is 1.37. The first-order valence-corrected chi connectivity index (χ1v) is 7.60. The van der Waals surface area contributed by atoms with E-state index < -0.39 is 0 Å². The van der Waals surface area contributed by atoms with Gasteiger partial charge in [-0.3, -0.25) is 9.59 Å². The van der Waals surface area contributed by atoms with Gasteiger partial charge in [-0.15, -0.1) is 22.7 Å². The molecule has 0 aliphatic heterocycles. The van der Waals surface area contributed by atoms with E-state index in [-0.39, 0.29) is 18.4 Å². The number of thiophene rings is 2. The van der Waals surface area contributed by atoms with Crippen LogP contribution >= 0.6 is 22.7 Å². The molecule has 2 heterocycles. The molecule has 2 N–H and O–H groups in total. The molecule has 0 aliphatic carbocycles. The van der Waals surface area contributed by atoms with Crippen molar-refractivity contribution < 1.29 is 9.59 Å². The topological polar surface area (TPSA) is 70.6 Å². The molecule has 5 nitrogen and oxygen atoms in total. The van der Waals surface area contributed by atoms with E-state index in [1.807, 2.05) is 23.8 Å². The predicted molar refractivity (Wildman–Crippen MR) is 81.4 cm³/mol. The number of carbonyl (C=O) groups excluding carboxylic acids is 2. The summed E-state index contributed by atoms with van der Waals surface area (Å²) < 4.78 is 0. The molecule has 0 aliphatic rings. The van der Waals surface area contributed by atoms with Gasteiger partial charge in [-0.1, -0.05) is 6.07 Å². The molecule has 0 radical (unpaired) electrons. The first-order chi connectivity index (χ1) is 9.66. The van der Waals surface area contributed by atoms with E-state index in [1.165, 1.54) is 11.3 Å². The summed E-state index contributed by atoms with van der Waals surface area (Å²) in [5, 5.41) is 10.1. The number of hydrogen-bond acceptors (Lipinski definition) is 5. The van der Waals surface area contributed by atoms with Gasteiger partial charge >= 0.3 is 0 Å². The Hall–Kier alpha value is -1.99. The molecule has 2 rings (SSSR count). The van der Waals surface area contributed by atoms with Crippen molar-refractivity contribution in [3.05, 3.63) is 44.3 Å². The molecule has 104 valence electrons. The summed E-state index contributed by atoms with van der Waals surface area (Å²) in [7, 11) is 0. The Morgan fingerprint density at radius 2 is 2.15 bits per heavy atom. The number of aryl methyl sites for hydroxylation is 1. The second-order valence-electron chi connectivity index (χ2n) is 3.92. The van der Waals surface area contributed by atoms with Crippen molar-refractivity contribution >= 4 is 40.7 Å². The predicted octanol–water partition coefficient (Wildman–Crippen LogP) is 2.00. The monoisotopic (exact) mass is 307 g/mol. The molecule has 2 amide bonds. The van der Waals surface area contributed by atoms with Crippen LogP contribution in [0.4, 0.5) is 0 Å². The van der Waals surface area contributed by atoms with Gasteiger partial charge < -0.3 is 5.32 Å². The van der Waals surface area contributed by atoms with Crippen molar-refractivity contribution in [2.24, 2.45) is 5.10 Å². The molecule has 0 spiro atoms. The molecule has 0 saturated carbocycles. The van der Waals surface area contributed by atoms with Gasteiger partial charge in [-0.05, 0) is 35.4 Å². The van der Waals surface area contributed by atoms with Crippen molar-refractivity contribution in [3.8, 4) is 0 Å². The maximum absolute atomic E-state index is 11.6. The lowest BCUT2D eigenvalue weighted by Crippen LogP contribution is -2.34. The van der Waals surface area contributed by atoms with Gasteiger partial charge in [0.05, 0.1) is 17.6 Å². The van der Waals surface area contributed by atoms with E-state index >= 15 is 0 Å². The van der Waals surface area contributed by atoms with Crippen LogP contribution in [-0.2, 0) is 4.79 Å². The minimum absolute atomic E-state index is 0.0997. The van der Waals surface area contributed by atoms with Gasteiger partial charge in [0.2, 0.25) is 0 Å². The standard InChI is InChI=1S/C13H13N3O2S2/c1-9-4-6-20-11(9)7-15-16-12(17)8-14-13(18)10-3-2-5-19-10/h2-7H,8H2,1H3,(H,14,18)(H,16,17). The molecule has 20 heavy (non-hydrogen) atoms. The number of rotatable bonds is 5. The molecular formula is C13H13N3O2S2. The van der Waals surface area contributed by atoms with Crippen molar-refractivity contribution in [1.82, 2.24) is 10.7 Å². The Balaban J connectivity index is 1.75. The second kappa shape index (κ2) is 6.97. The fourth-order valence-corrected chi connectivity index (χ4v) is 2.80. The van der Waals surface area contributed by atoms with Crippen LogP contribution in [0, 0.1) is 6.92 Å². The Morgan fingerprint density at radius 1 is 1.30 bits per heavy atom. The zero-order valence-electron chi connectivity index (χ0n) is 10.8. The third-order valence-electron chi connectivity index (χ3n) is 2.43. The SMILES string of the molecule is Cc1ccsc1C=NNC(=O)CNC(=O)c1cccs1. The smallest absolute Gasteiger partial charge is 0.261 e. The van der Waals surface area contributed by atoms with E-state index in [9.17, 15) is 9.59 Å². The van der Waals surface area contributed by atoms with Crippen molar-refractivity contribution in [3.63, 3.8) is 0 Å². The molecule has 2 aromatic rings. The van der Waals surface area contributed by atoms with Gasteiger partial charge in [0.25, 0.3) is 11.8 Å². The number of hydrogen-bond donors (Lipinski definition) is 2. The van der Waals surface area contributed by atoms with E-state index in [2.05, 4.69) is 15.8 Å². The molecule has 0 atom stereocenters. The summed E-state index contributed by atoms with van der Waals surface area (Å²) in [6.45, 7) is 1.87. The molecule has 7 heteroatoms. The van der Waals surface area contributed by atoms with Crippen LogP contribution < -0.4 is 10.7 Å². The lowest BCUT2D eigenvalue weighted by Gasteiger charge is -2.01. The van der Waals surface area contributed by atoms with E-state index in [0.29, 0.717) is 4.88 Å².